The number of anilines is 1. The highest BCUT2D eigenvalue weighted by Gasteiger charge is 2.30. The molecule has 0 aliphatic carbocycles. The van der Waals surface area contributed by atoms with Crippen molar-refractivity contribution in [2.24, 2.45) is 0 Å². The van der Waals surface area contributed by atoms with Gasteiger partial charge in [0.15, 0.2) is 0 Å². The number of nitrogens with zero attached hydrogens (tertiary/aromatic N) is 2. The molecule has 0 saturated heterocycles. The molecule has 0 aliphatic heterocycles. The molecule has 0 saturated carbocycles. The molecule has 1 heterocycles. The fourth-order valence-electron chi connectivity index (χ4n) is 1.33. The number of pyridine rings is 1. The lowest BCUT2D eigenvalue weighted by Gasteiger charge is -2.22. The van der Waals surface area contributed by atoms with Crippen LogP contribution >= 0.6 is 0 Å². The molecule has 0 amide bonds. The third kappa shape index (κ3) is 4.10. The summed E-state index contributed by atoms with van der Waals surface area (Å²) < 4.78 is 61.3. The van der Waals surface area contributed by atoms with E-state index in [0.29, 0.717) is 6.20 Å². The second-order valence-corrected chi connectivity index (χ2v) is 3.46. The predicted molar refractivity (Wildman–Crippen MR) is 54.5 cm³/mol. The Morgan fingerprint density at radius 3 is 2.33 bits per heavy atom. The Kier molecular flexibility index (Phi) is 4.83. The van der Waals surface area contributed by atoms with Crippen LogP contribution in [0.4, 0.5) is 27.8 Å². The van der Waals surface area contributed by atoms with Crippen molar-refractivity contribution in [2.75, 3.05) is 24.6 Å². The maximum atomic E-state index is 12.3. The van der Waals surface area contributed by atoms with Crippen molar-refractivity contribution in [2.45, 2.75) is 12.6 Å². The topological polar surface area (TPSA) is 36.4 Å². The fraction of sp³-hybridized carbons (Fsp3) is 0.500. The lowest BCUT2D eigenvalue weighted by Crippen LogP contribution is -2.32. The van der Waals surface area contributed by atoms with E-state index in [0.717, 1.165) is 17.0 Å². The van der Waals surface area contributed by atoms with E-state index < -0.39 is 31.3 Å². The summed E-state index contributed by atoms with van der Waals surface area (Å²) in [5.74, 6) is -0.0302. The molecule has 3 nitrogen and oxygen atoms in total. The molecule has 0 aliphatic rings. The third-order valence-corrected chi connectivity index (χ3v) is 2.13. The van der Waals surface area contributed by atoms with Crippen molar-refractivity contribution in [3.05, 3.63) is 23.9 Å². The minimum absolute atomic E-state index is 0.0302. The second kappa shape index (κ2) is 5.94. The first kappa shape index (κ1) is 14.6. The van der Waals surface area contributed by atoms with Gasteiger partial charge < -0.3 is 10.0 Å². The van der Waals surface area contributed by atoms with Gasteiger partial charge in [-0.15, -0.1) is 0 Å². The predicted octanol–water partition coefficient (Wildman–Crippen LogP) is 2.16. The van der Waals surface area contributed by atoms with Crippen molar-refractivity contribution < 1.29 is 27.1 Å². The van der Waals surface area contributed by atoms with Gasteiger partial charge in [-0.1, -0.05) is 0 Å². The minimum Gasteiger partial charge on any atom is -0.395 e. The second-order valence-electron chi connectivity index (χ2n) is 3.46. The lowest BCUT2D eigenvalue weighted by molar-refractivity contribution is -0.137. The van der Waals surface area contributed by atoms with Crippen LogP contribution in [0.3, 0.4) is 0 Å². The Morgan fingerprint density at radius 1 is 1.28 bits per heavy atom. The van der Waals surface area contributed by atoms with Gasteiger partial charge in [-0.3, -0.25) is 0 Å². The van der Waals surface area contributed by atoms with Gasteiger partial charge in [0.2, 0.25) is 0 Å². The quantitative estimate of drug-likeness (QED) is 0.833. The molecule has 0 aromatic carbocycles. The number of rotatable bonds is 5. The summed E-state index contributed by atoms with van der Waals surface area (Å²) in [6, 6.07) is 1.76. The molecule has 8 heteroatoms. The summed E-state index contributed by atoms with van der Waals surface area (Å²) in [6.45, 7) is -1.21. The zero-order valence-corrected chi connectivity index (χ0v) is 9.16. The summed E-state index contributed by atoms with van der Waals surface area (Å²) in [4.78, 5) is 4.50. The van der Waals surface area contributed by atoms with Gasteiger partial charge >= 0.3 is 6.18 Å². The zero-order valence-electron chi connectivity index (χ0n) is 9.16. The van der Waals surface area contributed by atoms with Crippen LogP contribution in [0.15, 0.2) is 18.3 Å². The number of hydrogen-bond acceptors (Lipinski definition) is 3. The zero-order chi connectivity index (χ0) is 13.8. The highest BCUT2D eigenvalue weighted by Crippen LogP contribution is 2.29. The molecule has 0 unspecified atom stereocenters. The summed E-state index contributed by atoms with van der Waals surface area (Å²) in [5, 5.41) is 8.70. The first-order valence-electron chi connectivity index (χ1n) is 5.02. The third-order valence-electron chi connectivity index (χ3n) is 2.13. The maximum absolute atomic E-state index is 12.3. The summed E-state index contributed by atoms with van der Waals surface area (Å²) in [6.07, 6.45) is -6.61. The molecule has 0 spiro atoms. The van der Waals surface area contributed by atoms with E-state index in [4.69, 9.17) is 5.11 Å². The average Bonchev–Trinajstić information content (AvgIpc) is 2.27. The molecule has 0 radical (unpaired) electrons. The monoisotopic (exact) mass is 270 g/mol. The molecule has 0 fully saturated rings. The first-order valence-corrected chi connectivity index (χ1v) is 5.02. The number of hydrogen-bond donors (Lipinski definition) is 1. The molecular formula is C10H11F5N2O. The average molecular weight is 270 g/mol. The maximum Gasteiger partial charge on any atom is 0.417 e. The van der Waals surface area contributed by atoms with Gasteiger partial charge in [0.25, 0.3) is 6.43 Å². The van der Waals surface area contributed by atoms with Gasteiger partial charge in [0.1, 0.15) is 5.82 Å². The van der Waals surface area contributed by atoms with E-state index in [1.54, 1.807) is 0 Å². The van der Waals surface area contributed by atoms with Crippen molar-refractivity contribution in [1.82, 2.24) is 4.98 Å². The molecule has 1 N–H and O–H groups in total. The Morgan fingerprint density at radius 2 is 1.94 bits per heavy atom. The van der Waals surface area contributed by atoms with Crippen LogP contribution < -0.4 is 4.90 Å². The highest BCUT2D eigenvalue weighted by molar-refractivity contribution is 5.39. The van der Waals surface area contributed by atoms with E-state index in [2.05, 4.69) is 4.98 Å². The van der Waals surface area contributed by atoms with Crippen molar-refractivity contribution in [3.63, 3.8) is 0 Å². The van der Waals surface area contributed by atoms with Crippen molar-refractivity contribution in [1.29, 1.82) is 0 Å². The SMILES string of the molecule is OCCN(CC(F)F)c1ccc(C(F)(F)F)cn1. The van der Waals surface area contributed by atoms with Crippen LogP contribution in [-0.2, 0) is 6.18 Å². The van der Waals surface area contributed by atoms with Gasteiger partial charge in [-0.2, -0.15) is 13.2 Å². The van der Waals surface area contributed by atoms with E-state index in [1.165, 1.54) is 0 Å². The Balaban J connectivity index is 2.86. The van der Waals surface area contributed by atoms with Crippen LogP contribution in [0.2, 0.25) is 0 Å². The number of aromatic nitrogens is 1. The molecule has 1 aromatic rings. The molecule has 1 rings (SSSR count). The Bertz CT molecular complexity index is 366. The van der Waals surface area contributed by atoms with Gasteiger partial charge in [0.05, 0.1) is 18.7 Å². The number of aliphatic hydroxyl groups is 1. The molecule has 0 bridgehead atoms. The summed E-state index contributed by atoms with van der Waals surface area (Å²) in [5.41, 5.74) is -0.952. The van der Waals surface area contributed by atoms with Crippen molar-refractivity contribution in [3.8, 4) is 0 Å². The highest BCUT2D eigenvalue weighted by atomic mass is 19.4. The molecule has 102 valence electrons. The van der Waals surface area contributed by atoms with Gasteiger partial charge in [-0.05, 0) is 12.1 Å². The summed E-state index contributed by atoms with van der Waals surface area (Å²) >= 11 is 0. The molecule has 1 aromatic heterocycles. The van der Waals surface area contributed by atoms with Gasteiger partial charge in [0, 0.05) is 12.7 Å². The van der Waals surface area contributed by atoms with E-state index in [9.17, 15) is 22.0 Å². The van der Waals surface area contributed by atoms with Crippen molar-refractivity contribution >= 4 is 5.82 Å². The standard InChI is InChI=1S/C10H11F5N2O/c11-8(12)6-17(3-4-18)9-2-1-7(5-16-9)10(13,14)15/h1-2,5,8,18H,3-4,6H2. The minimum atomic E-state index is -4.52. The summed E-state index contributed by atoms with van der Waals surface area (Å²) in [7, 11) is 0. The van der Waals surface area contributed by atoms with Crippen LogP contribution in [0, 0.1) is 0 Å². The van der Waals surface area contributed by atoms with Gasteiger partial charge in [-0.25, -0.2) is 13.8 Å². The number of halogens is 5. The van der Waals surface area contributed by atoms with Crippen LogP contribution in [0.1, 0.15) is 5.56 Å². The van der Waals surface area contributed by atoms with E-state index in [1.807, 2.05) is 0 Å². The number of aliphatic hydroxyl groups excluding tert-OH is 1. The normalized spacial score (nSPS) is 11.9. The number of alkyl halides is 5. The fourth-order valence-corrected chi connectivity index (χ4v) is 1.33. The molecular weight excluding hydrogens is 259 g/mol. The largest absolute Gasteiger partial charge is 0.417 e. The lowest BCUT2D eigenvalue weighted by atomic mass is 10.2. The molecule has 18 heavy (non-hydrogen) atoms. The molecule has 0 atom stereocenters. The van der Waals surface area contributed by atoms with E-state index in [-0.39, 0.29) is 12.4 Å². The Labute approximate surface area is 99.9 Å². The smallest absolute Gasteiger partial charge is 0.395 e. The van der Waals surface area contributed by atoms with Crippen LogP contribution in [-0.4, -0.2) is 36.2 Å². The van der Waals surface area contributed by atoms with E-state index >= 15 is 0 Å². The Hall–Kier alpha value is -1.44. The first-order chi connectivity index (χ1) is 8.34. The van der Waals surface area contributed by atoms with Crippen LogP contribution in [0.5, 0.6) is 0 Å². The van der Waals surface area contributed by atoms with Crippen LogP contribution in [0.25, 0.3) is 0 Å².